The van der Waals surface area contributed by atoms with Crippen LogP contribution in [0.5, 0.6) is 0 Å². The van der Waals surface area contributed by atoms with Crippen molar-refractivity contribution in [2.24, 2.45) is 0 Å². The lowest BCUT2D eigenvalue weighted by Crippen LogP contribution is -1.90. The number of aliphatic hydroxyl groups is 1. The molecule has 0 saturated heterocycles. The third-order valence-corrected chi connectivity index (χ3v) is 3.06. The van der Waals surface area contributed by atoms with E-state index in [0.717, 1.165) is 16.7 Å². The summed E-state index contributed by atoms with van der Waals surface area (Å²) in [5.41, 5.74) is 4.18. The fourth-order valence-electron chi connectivity index (χ4n) is 1.75. The van der Waals surface area contributed by atoms with Crippen molar-refractivity contribution in [3.8, 4) is 0 Å². The van der Waals surface area contributed by atoms with E-state index in [0.29, 0.717) is 5.02 Å². The zero-order valence-corrected chi connectivity index (χ0v) is 11.0. The van der Waals surface area contributed by atoms with Crippen molar-refractivity contribution in [2.45, 2.75) is 6.92 Å². The number of benzene rings is 2. The molecule has 18 heavy (non-hydrogen) atoms. The van der Waals surface area contributed by atoms with Gasteiger partial charge in [-0.1, -0.05) is 53.6 Å². The number of aryl methyl sites for hydroxylation is 1. The van der Waals surface area contributed by atoms with Crippen LogP contribution >= 0.6 is 11.6 Å². The van der Waals surface area contributed by atoms with Crippen LogP contribution in [0.2, 0.25) is 5.02 Å². The van der Waals surface area contributed by atoms with Gasteiger partial charge in [-0.25, -0.2) is 0 Å². The molecule has 1 nitrogen and oxygen atoms in total. The van der Waals surface area contributed by atoms with E-state index in [1.165, 1.54) is 5.56 Å². The Labute approximate surface area is 112 Å². The molecule has 2 rings (SSSR count). The zero-order chi connectivity index (χ0) is 13.0. The van der Waals surface area contributed by atoms with Crippen molar-refractivity contribution in [2.75, 3.05) is 6.61 Å². The normalized spacial score (nSPS) is 11.6. The van der Waals surface area contributed by atoms with Crippen LogP contribution in [0, 0.1) is 6.92 Å². The van der Waals surface area contributed by atoms with Gasteiger partial charge in [0, 0.05) is 5.02 Å². The highest BCUT2D eigenvalue weighted by molar-refractivity contribution is 6.30. The maximum Gasteiger partial charge on any atom is 0.0687 e. The van der Waals surface area contributed by atoms with E-state index in [2.05, 4.69) is 0 Å². The number of hydrogen-bond donors (Lipinski definition) is 1. The summed E-state index contributed by atoms with van der Waals surface area (Å²) in [5, 5.41) is 10.2. The van der Waals surface area contributed by atoms with Crippen LogP contribution in [0.25, 0.3) is 11.6 Å². The summed E-state index contributed by atoms with van der Waals surface area (Å²) in [6.07, 6.45) is 1.97. The first-order valence-electron chi connectivity index (χ1n) is 5.83. The summed E-state index contributed by atoms with van der Waals surface area (Å²) < 4.78 is 0. The molecule has 0 unspecified atom stereocenters. The van der Waals surface area contributed by atoms with Crippen LogP contribution in [-0.4, -0.2) is 11.7 Å². The molecule has 1 N–H and O–H groups in total. The maximum absolute atomic E-state index is 9.47. The van der Waals surface area contributed by atoms with E-state index < -0.39 is 0 Å². The predicted molar refractivity (Wildman–Crippen MR) is 77.6 cm³/mol. The van der Waals surface area contributed by atoms with Gasteiger partial charge in [0.05, 0.1) is 6.61 Å². The minimum absolute atomic E-state index is 0.0195. The second kappa shape index (κ2) is 5.85. The Morgan fingerprint density at radius 1 is 1.06 bits per heavy atom. The van der Waals surface area contributed by atoms with Crippen LogP contribution in [0.3, 0.4) is 0 Å². The van der Waals surface area contributed by atoms with Gasteiger partial charge in [-0.2, -0.15) is 0 Å². The minimum atomic E-state index is 0.0195. The Morgan fingerprint density at radius 3 is 2.22 bits per heavy atom. The molecule has 0 aliphatic heterocycles. The van der Waals surface area contributed by atoms with Gasteiger partial charge < -0.3 is 5.11 Å². The topological polar surface area (TPSA) is 20.2 Å². The van der Waals surface area contributed by atoms with E-state index in [1.807, 2.05) is 61.5 Å². The van der Waals surface area contributed by atoms with Gasteiger partial charge in [0.1, 0.15) is 0 Å². The van der Waals surface area contributed by atoms with Crippen LogP contribution in [0.15, 0.2) is 48.5 Å². The third kappa shape index (κ3) is 3.22. The zero-order valence-electron chi connectivity index (χ0n) is 10.2. The number of hydrogen-bond acceptors (Lipinski definition) is 1. The molecule has 0 saturated carbocycles. The molecule has 0 aliphatic rings. The fraction of sp³-hybridized carbons (Fsp3) is 0.125. The molecule has 0 amide bonds. The molecule has 0 bridgehead atoms. The average molecular weight is 259 g/mol. The lowest BCUT2D eigenvalue weighted by atomic mass is 10.0. The summed E-state index contributed by atoms with van der Waals surface area (Å²) in [6, 6.07) is 15.7. The molecule has 0 radical (unpaired) electrons. The van der Waals surface area contributed by atoms with Crippen LogP contribution in [0.4, 0.5) is 0 Å². The average Bonchev–Trinajstić information content (AvgIpc) is 2.39. The van der Waals surface area contributed by atoms with Gasteiger partial charge in [0.2, 0.25) is 0 Å². The summed E-state index contributed by atoms with van der Waals surface area (Å²) in [6.45, 7) is 2.07. The first kappa shape index (κ1) is 12.9. The van der Waals surface area contributed by atoms with E-state index in [9.17, 15) is 5.11 Å². The highest BCUT2D eigenvalue weighted by Crippen LogP contribution is 2.19. The van der Waals surface area contributed by atoms with Gasteiger partial charge in [0.15, 0.2) is 0 Å². The molecule has 0 heterocycles. The maximum atomic E-state index is 9.47. The molecule has 2 aromatic carbocycles. The van der Waals surface area contributed by atoms with E-state index >= 15 is 0 Å². The summed E-state index contributed by atoms with van der Waals surface area (Å²) in [4.78, 5) is 0. The molecule has 2 heteroatoms. The smallest absolute Gasteiger partial charge is 0.0687 e. The summed E-state index contributed by atoms with van der Waals surface area (Å²) in [7, 11) is 0. The standard InChI is InChI=1S/C16H15ClO/c1-12-2-6-14(7-3-12)15(11-18)10-13-4-8-16(17)9-5-13/h2-10,18H,11H2,1H3/b15-10+. The molecular formula is C16H15ClO. The SMILES string of the molecule is Cc1ccc(/C(=C/c2ccc(Cl)cc2)CO)cc1. The Hall–Kier alpha value is -1.57. The minimum Gasteiger partial charge on any atom is -0.392 e. The first-order chi connectivity index (χ1) is 8.69. The molecular weight excluding hydrogens is 244 g/mol. The number of halogens is 1. The van der Waals surface area contributed by atoms with E-state index in [4.69, 9.17) is 11.6 Å². The summed E-state index contributed by atoms with van der Waals surface area (Å²) >= 11 is 5.85. The molecule has 0 spiro atoms. The fourth-order valence-corrected chi connectivity index (χ4v) is 1.87. The lowest BCUT2D eigenvalue weighted by Gasteiger charge is -2.05. The number of aliphatic hydroxyl groups excluding tert-OH is 1. The Bertz CT molecular complexity index is 538. The summed E-state index contributed by atoms with van der Waals surface area (Å²) in [5.74, 6) is 0. The Balaban J connectivity index is 2.33. The van der Waals surface area contributed by atoms with Gasteiger partial charge in [-0.05, 0) is 41.8 Å². The van der Waals surface area contributed by atoms with E-state index in [-0.39, 0.29) is 6.61 Å². The van der Waals surface area contributed by atoms with Crippen molar-refractivity contribution in [3.05, 3.63) is 70.2 Å². The molecule has 2 aromatic rings. The quantitative estimate of drug-likeness (QED) is 0.819. The van der Waals surface area contributed by atoms with Crippen molar-refractivity contribution in [1.82, 2.24) is 0 Å². The highest BCUT2D eigenvalue weighted by Gasteiger charge is 2.00. The molecule has 0 fully saturated rings. The molecule has 0 aromatic heterocycles. The van der Waals surface area contributed by atoms with Gasteiger partial charge in [0.25, 0.3) is 0 Å². The van der Waals surface area contributed by atoms with Crippen LogP contribution < -0.4 is 0 Å². The third-order valence-electron chi connectivity index (χ3n) is 2.80. The van der Waals surface area contributed by atoms with Gasteiger partial charge >= 0.3 is 0 Å². The van der Waals surface area contributed by atoms with Crippen LogP contribution in [0.1, 0.15) is 16.7 Å². The predicted octanol–water partition coefficient (Wildman–Crippen LogP) is 4.18. The van der Waals surface area contributed by atoms with Gasteiger partial charge in [-0.3, -0.25) is 0 Å². The van der Waals surface area contributed by atoms with E-state index in [1.54, 1.807) is 0 Å². The van der Waals surface area contributed by atoms with Crippen molar-refractivity contribution in [1.29, 1.82) is 0 Å². The second-order valence-corrected chi connectivity index (χ2v) is 4.68. The second-order valence-electron chi connectivity index (χ2n) is 4.25. The lowest BCUT2D eigenvalue weighted by molar-refractivity contribution is 0.351. The Kier molecular flexibility index (Phi) is 4.19. The van der Waals surface area contributed by atoms with Crippen molar-refractivity contribution < 1.29 is 5.11 Å². The largest absolute Gasteiger partial charge is 0.392 e. The van der Waals surface area contributed by atoms with Crippen molar-refractivity contribution in [3.63, 3.8) is 0 Å². The van der Waals surface area contributed by atoms with Crippen LogP contribution in [-0.2, 0) is 0 Å². The molecule has 92 valence electrons. The Morgan fingerprint density at radius 2 is 1.67 bits per heavy atom. The monoisotopic (exact) mass is 258 g/mol. The molecule has 0 aliphatic carbocycles. The first-order valence-corrected chi connectivity index (χ1v) is 6.21. The number of rotatable bonds is 3. The molecule has 0 atom stereocenters. The van der Waals surface area contributed by atoms with Crippen molar-refractivity contribution >= 4 is 23.3 Å². The van der Waals surface area contributed by atoms with Gasteiger partial charge in [-0.15, -0.1) is 0 Å². The highest BCUT2D eigenvalue weighted by atomic mass is 35.5.